The van der Waals surface area contributed by atoms with Crippen molar-refractivity contribution in [3.8, 4) is 22.3 Å². The molecule has 0 aliphatic carbocycles. The average Bonchev–Trinajstić information content (AvgIpc) is 2.55. The third-order valence-electron chi connectivity index (χ3n) is 3.64. The third kappa shape index (κ3) is 2.56. The molecule has 0 aliphatic rings. The fourth-order valence-electron chi connectivity index (χ4n) is 2.55. The summed E-state index contributed by atoms with van der Waals surface area (Å²) in [4.78, 5) is 11.2. The maximum atomic E-state index is 11.2. The molecule has 108 valence electrons. The van der Waals surface area contributed by atoms with Crippen LogP contribution in [0.4, 0.5) is 5.69 Å². The number of benzene rings is 3. The molecule has 0 saturated heterocycles. The molecule has 3 heteroatoms. The largest absolute Gasteiger partial charge is 0.398 e. The predicted molar refractivity (Wildman–Crippen MR) is 90.2 cm³/mol. The van der Waals surface area contributed by atoms with Gasteiger partial charge in [0, 0.05) is 16.8 Å². The second kappa shape index (κ2) is 5.74. The zero-order valence-corrected chi connectivity index (χ0v) is 12.0. The van der Waals surface area contributed by atoms with Crippen LogP contribution in [-0.2, 0) is 0 Å². The Morgan fingerprint density at radius 3 is 2.05 bits per heavy atom. The Kier molecular flexibility index (Phi) is 3.62. The summed E-state index contributed by atoms with van der Waals surface area (Å²) in [5.74, 6) is -0.428. The predicted octanol–water partition coefficient (Wildman–Crippen LogP) is 3.70. The van der Waals surface area contributed by atoms with Crippen LogP contribution in [0.5, 0.6) is 0 Å². The van der Waals surface area contributed by atoms with E-state index in [0.29, 0.717) is 5.56 Å². The Balaban J connectivity index is 2.15. The van der Waals surface area contributed by atoms with Crippen LogP contribution < -0.4 is 11.5 Å². The van der Waals surface area contributed by atoms with Gasteiger partial charge < -0.3 is 11.5 Å². The van der Waals surface area contributed by atoms with Crippen LogP contribution in [0.3, 0.4) is 0 Å². The number of carbonyl (C=O) groups excluding carboxylic acids is 1. The molecule has 4 N–H and O–H groups in total. The number of amides is 1. The first-order valence-electron chi connectivity index (χ1n) is 7.01. The summed E-state index contributed by atoms with van der Waals surface area (Å²) in [6.45, 7) is 0. The molecule has 1 amide bonds. The SMILES string of the molecule is NC(=O)c1ccc(-c2cccc(N)c2-c2ccccc2)cc1. The van der Waals surface area contributed by atoms with Gasteiger partial charge >= 0.3 is 0 Å². The van der Waals surface area contributed by atoms with E-state index in [4.69, 9.17) is 11.5 Å². The highest BCUT2D eigenvalue weighted by Gasteiger charge is 2.11. The van der Waals surface area contributed by atoms with Crippen molar-refractivity contribution in [2.45, 2.75) is 0 Å². The molecule has 3 rings (SSSR count). The zero-order valence-electron chi connectivity index (χ0n) is 12.0. The van der Waals surface area contributed by atoms with Crippen molar-refractivity contribution in [3.63, 3.8) is 0 Å². The van der Waals surface area contributed by atoms with Crippen molar-refractivity contribution in [1.29, 1.82) is 0 Å². The number of anilines is 1. The molecule has 0 unspecified atom stereocenters. The van der Waals surface area contributed by atoms with E-state index in [0.717, 1.165) is 27.9 Å². The Morgan fingerprint density at radius 2 is 1.41 bits per heavy atom. The molecular formula is C19H16N2O. The van der Waals surface area contributed by atoms with E-state index in [2.05, 4.69) is 0 Å². The number of hydrogen-bond donors (Lipinski definition) is 2. The molecule has 0 heterocycles. The molecule has 0 saturated carbocycles. The Labute approximate surface area is 129 Å². The maximum Gasteiger partial charge on any atom is 0.248 e. The van der Waals surface area contributed by atoms with Gasteiger partial charge in [-0.15, -0.1) is 0 Å². The summed E-state index contributed by atoms with van der Waals surface area (Å²) < 4.78 is 0. The summed E-state index contributed by atoms with van der Waals surface area (Å²) in [7, 11) is 0. The van der Waals surface area contributed by atoms with Crippen molar-refractivity contribution in [2.24, 2.45) is 5.73 Å². The second-order valence-electron chi connectivity index (χ2n) is 5.08. The van der Waals surface area contributed by atoms with Gasteiger partial charge in [0.1, 0.15) is 0 Å². The van der Waals surface area contributed by atoms with E-state index < -0.39 is 5.91 Å². The monoisotopic (exact) mass is 288 g/mol. The van der Waals surface area contributed by atoms with E-state index in [1.165, 1.54) is 0 Å². The van der Waals surface area contributed by atoms with Gasteiger partial charge in [0.15, 0.2) is 0 Å². The van der Waals surface area contributed by atoms with Gasteiger partial charge in [-0.25, -0.2) is 0 Å². The van der Waals surface area contributed by atoms with Crippen molar-refractivity contribution in [1.82, 2.24) is 0 Å². The fourth-order valence-corrected chi connectivity index (χ4v) is 2.55. The first-order chi connectivity index (χ1) is 10.7. The minimum Gasteiger partial charge on any atom is -0.398 e. The average molecular weight is 288 g/mol. The number of rotatable bonds is 3. The lowest BCUT2D eigenvalue weighted by atomic mass is 9.93. The lowest BCUT2D eigenvalue weighted by Crippen LogP contribution is -2.10. The van der Waals surface area contributed by atoms with Gasteiger partial charge in [-0.2, -0.15) is 0 Å². The van der Waals surface area contributed by atoms with Crippen LogP contribution in [-0.4, -0.2) is 5.91 Å². The lowest BCUT2D eigenvalue weighted by molar-refractivity contribution is 0.100. The molecule has 0 fully saturated rings. The minimum absolute atomic E-state index is 0.428. The molecule has 0 aliphatic heterocycles. The molecule has 3 aromatic carbocycles. The molecule has 3 nitrogen and oxygen atoms in total. The van der Waals surface area contributed by atoms with Crippen LogP contribution >= 0.6 is 0 Å². The Hall–Kier alpha value is -3.07. The minimum atomic E-state index is -0.428. The summed E-state index contributed by atoms with van der Waals surface area (Å²) in [6, 6.07) is 23.1. The number of carbonyl (C=O) groups is 1. The summed E-state index contributed by atoms with van der Waals surface area (Å²) in [5, 5.41) is 0. The van der Waals surface area contributed by atoms with Gasteiger partial charge in [-0.3, -0.25) is 4.79 Å². The highest BCUT2D eigenvalue weighted by Crippen LogP contribution is 2.36. The number of hydrogen-bond acceptors (Lipinski definition) is 2. The zero-order chi connectivity index (χ0) is 15.5. The van der Waals surface area contributed by atoms with Crippen LogP contribution in [0, 0.1) is 0 Å². The van der Waals surface area contributed by atoms with Crippen LogP contribution in [0.15, 0.2) is 72.8 Å². The van der Waals surface area contributed by atoms with E-state index in [1.54, 1.807) is 12.1 Å². The highest BCUT2D eigenvalue weighted by atomic mass is 16.1. The van der Waals surface area contributed by atoms with E-state index in [1.807, 2.05) is 60.7 Å². The van der Waals surface area contributed by atoms with Gasteiger partial charge in [-0.1, -0.05) is 54.6 Å². The molecule has 0 atom stereocenters. The normalized spacial score (nSPS) is 10.4. The quantitative estimate of drug-likeness (QED) is 0.721. The van der Waals surface area contributed by atoms with Gasteiger partial charge in [0.25, 0.3) is 0 Å². The van der Waals surface area contributed by atoms with Crippen LogP contribution in [0.25, 0.3) is 22.3 Å². The molecule has 0 spiro atoms. The molecule has 0 bridgehead atoms. The molecule has 0 aromatic heterocycles. The van der Waals surface area contributed by atoms with Crippen molar-refractivity contribution in [3.05, 3.63) is 78.4 Å². The van der Waals surface area contributed by atoms with Crippen LogP contribution in [0.1, 0.15) is 10.4 Å². The Morgan fingerprint density at radius 1 is 0.727 bits per heavy atom. The van der Waals surface area contributed by atoms with Gasteiger partial charge in [-0.05, 0) is 34.9 Å². The van der Waals surface area contributed by atoms with E-state index in [9.17, 15) is 4.79 Å². The van der Waals surface area contributed by atoms with Crippen molar-refractivity contribution < 1.29 is 4.79 Å². The van der Waals surface area contributed by atoms with Crippen molar-refractivity contribution in [2.75, 3.05) is 5.73 Å². The standard InChI is InChI=1S/C19H16N2O/c20-17-8-4-7-16(18(17)14-5-2-1-3-6-14)13-9-11-15(12-10-13)19(21)22/h1-12H,20H2,(H2,21,22). The molecular weight excluding hydrogens is 272 g/mol. The number of nitrogens with two attached hydrogens (primary N) is 2. The number of primary amides is 1. The highest BCUT2D eigenvalue weighted by molar-refractivity contribution is 5.95. The smallest absolute Gasteiger partial charge is 0.248 e. The summed E-state index contributed by atoms with van der Waals surface area (Å²) in [6.07, 6.45) is 0. The lowest BCUT2D eigenvalue weighted by Gasteiger charge is -2.13. The first-order valence-corrected chi connectivity index (χ1v) is 7.01. The molecule has 0 radical (unpaired) electrons. The van der Waals surface area contributed by atoms with Gasteiger partial charge in [0.2, 0.25) is 5.91 Å². The first kappa shape index (κ1) is 13.9. The third-order valence-corrected chi connectivity index (χ3v) is 3.64. The second-order valence-corrected chi connectivity index (χ2v) is 5.08. The van der Waals surface area contributed by atoms with Gasteiger partial charge in [0.05, 0.1) is 0 Å². The molecule has 22 heavy (non-hydrogen) atoms. The topological polar surface area (TPSA) is 69.1 Å². The van der Waals surface area contributed by atoms with E-state index >= 15 is 0 Å². The van der Waals surface area contributed by atoms with E-state index in [-0.39, 0.29) is 0 Å². The number of nitrogen functional groups attached to an aromatic ring is 1. The maximum absolute atomic E-state index is 11.2. The molecule has 3 aromatic rings. The van der Waals surface area contributed by atoms with Crippen LogP contribution in [0.2, 0.25) is 0 Å². The Bertz CT molecular complexity index is 809. The fraction of sp³-hybridized carbons (Fsp3) is 0. The summed E-state index contributed by atoms with van der Waals surface area (Å²) in [5.41, 5.74) is 16.8. The van der Waals surface area contributed by atoms with Crippen molar-refractivity contribution >= 4 is 11.6 Å². The summed E-state index contributed by atoms with van der Waals surface area (Å²) >= 11 is 0.